The molecular formula is C21H22N2O3S. The zero-order chi connectivity index (χ0) is 19.2. The molecule has 1 heterocycles. The Bertz CT molecular complexity index is 845. The van der Waals surface area contributed by atoms with Crippen LogP contribution in [-0.4, -0.2) is 28.9 Å². The maximum Gasteiger partial charge on any atom is 0.338 e. The maximum absolute atomic E-state index is 12.3. The third kappa shape index (κ3) is 4.98. The summed E-state index contributed by atoms with van der Waals surface area (Å²) in [5, 5.41) is 3.24. The second-order valence-electron chi connectivity index (χ2n) is 6.15. The molecule has 0 aromatic heterocycles. The summed E-state index contributed by atoms with van der Waals surface area (Å²) in [4.78, 5) is 28.5. The number of aliphatic imine (C=N–C) groups is 1. The van der Waals surface area contributed by atoms with Gasteiger partial charge in [0, 0.05) is 0 Å². The fourth-order valence-corrected chi connectivity index (χ4v) is 3.75. The molecule has 0 spiro atoms. The van der Waals surface area contributed by atoms with E-state index in [1.807, 2.05) is 36.4 Å². The van der Waals surface area contributed by atoms with E-state index in [1.165, 1.54) is 17.3 Å². The minimum Gasteiger partial charge on any atom is -0.462 e. The molecule has 6 heteroatoms. The van der Waals surface area contributed by atoms with E-state index in [0.29, 0.717) is 23.8 Å². The van der Waals surface area contributed by atoms with Crippen LogP contribution < -0.4 is 5.32 Å². The second kappa shape index (κ2) is 8.86. The van der Waals surface area contributed by atoms with Gasteiger partial charge in [0.25, 0.3) is 0 Å². The predicted octanol–water partition coefficient (Wildman–Crippen LogP) is 3.89. The number of thioether (sulfide) groups is 1. The van der Waals surface area contributed by atoms with Gasteiger partial charge in [-0.3, -0.25) is 4.79 Å². The van der Waals surface area contributed by atoms with Crippen LogP contribution in [0.4, 0.5) is 5.69 Å². The third-order valence-electron chi connectivity index (χ3n) is 4.24. The fourth-order valence-electron chi connectivity index (χ4n) is 2.72. The third-order valence-corrected chi connectivity index (χ3v) is 5.32. The van der Waals surface area contributed by atoms with Gasteiger partial charge in [-0.1, -0.05) is 43.0 Å². The lowest BCUT2D eigenvalue weighted by molar-refractivity contribution is -0.118. The summed E-state index contributed by atoms with van der Waals surface area (Å²) < 4.78 is 4.98. The Hall–Kier alpha value is -2.60. The van der Waals surface area contributed by atoms with E-state index in [1.54, 1.807) is 19.1 Å². The maximum atomic E-state index is 12.3. The van der Waals surface area contributed by atoms with E-state index in [0.717, 1.165) is 17.7 Å². The number of benzene rings is 2. The first-order valence-corrected chi connectivity index (χ1v) is 9.88. The summed E-state index contributed by atoms with van der Waals surface area (Å²) in [5.74, 6) is -0.376. The van der Waals surface area contributed by atoms with Gasteiger partial charge >= 0.3 is 5.97 Å². The number of hydrogen-bond acceptors (Lipinski definition) is 5. The van der Waals surface area contributed by atoms with Gasteiger partial charge in [-0.15, -0.1) is 0 Å². The number of nitrogens with zero attached hydrogens (tertiary/aromatic N) is 1. The molecular weight excluding hydrogens is 360 g/mol. The number of ether oxygens (including phenoxy) is 1. The van der Waals surface area contributed by atoms with Crippen molar-refractivity contribution in [3.63, 3.8) is 0 Å². The summed E-state index contributed by atoms with van der Waals surface area (Å²) in [5.41, 5.74) is 3.59. The summed E-state index contributed by atoms with van der Waals surface area (Å²) in [6.07, 6.45) is 1.56. The van der Waals surface area contributed by atoms with Crippen molar-refractivity contribution in [1.29, 1.82) is 0 Å². The molecule has 1 aliphatic heterocycles. The average Bonchev–Trinajstić information content (AvgIpc) is 3.02. The van der Waals surface area contributed by atoms with Gasteiger partial charge in [0.1, 0.15) is 0 Å². The highest BCUT2D eigenvalue weighted by Crippen LogP contribution is 2.26. The first kappa shape index (κ1) is 19.2. The van der Waals surface area contributed by atoms with Crippen LogP contribution in [0.25, 0.3) is 0 Å². The van der Waals surface area contributed by atoms with Gasteiger partial charge in [-0.2, -0.15) is 0 Å². The SMILES string of the molecule is CCOC(=O)c1ccc(C[C@@H]2SC(=Nc3ccc(CC)cc3)NC2=O)cc1. The lowest BCUT2D eigenvalue weighted by Crippen LogP contribution is -2.25. The van der Waals surface area contributed by atoms with Crippen molar-refractivity contribution >= 4 is 34.5 Å². The monoisotopic (exact) mass is 382 g/mol. The summed E-state index contributed by atoms with van der Waals surface area (Å²) >= 11 is 1.43. The van der Waals surface area contributed by atoms with Crippen molar-refractivity contribution in [3.05, 3.63) is 65.2 Å². The number of carbonyl (C=O) groups excluding carboxylic acids is 2. The molecule has 2 aromatic rings. The zero-order valence-corrected chi connectivity index (χ0v) is 16.2. The molecule has 1 atom stereocenters. The number of amides is 1. The first-order chi connectivity index (χ1) is 13.1. The minimum atomic E-state index is -0.333. The summed E-state index contributed by atoms with van der Waals surface area (Å²) in [7, 11) is 0. The molecule has 27 heavy (non-hydrogen) atoms. The van der Waals surface area contributed by atoms with Crippen LogP contribution in [0.3, 0.4) is 0 Å². The lowest BCUT2D eigenvalue weighted by Gasteiger charge is -2.07. The molecule has 1 fully saturated rings. The van der Waals surface area contributed by atoms with E-state index in [4.69, 9.17) is 4.74 Å². The number of amidine groups is 1. The highest BCUT2D eigenvalue weighted by Gasteiger charge is 2.30. The van der Waals surface area contributed by atoms with Crippen LogP contribution in [0, 0.1) is 0 Å². The number of rotatable bonds is 6. The minimum absolute atomic E-state index is 0.0432. The van der Waals surface area contributed by atoms with Crippen molar-refractivity contribution in [1.82, 2.24) is 5.32 Å². The van der Waals surface area contributed by atoms with Crippen LogP contribution in [-0.2, 0) is 22.4 Å². The topological polar surface area (TPSA) is 67.8 Å². The van der Waals surface area contributed by atoms with E-state index < -0.39 is 0 Å². The van der Waals surface area contributed by atoms with Crippen molar-refractivity contribution in [3.8, 4) is 0 Å². The Labute approximate surface area is 163 Å². The molecule has 1 amide bonds. The number of nitrogens with one attached hydrogen (secondary N) is 1. The highest BCUT2D eigenvalue weighted by atomic mass is 32.2. The lowest BCUT2D eigenvalue weighted by atomic mass is 10.1. The van der Waals surface area contributed by atoms with Gasteiger partial charge in [-0.05, 0) is 55.2 Å². The Morgan fingerprint density at radius 2 is 1.74 bits per heavy atom. The molecule has 0 saturated carbocycles. The van der Waals surface area contributed by atoms with Crippen LogP contribution >= 0.6 is 11.8 Å². The quantitative estimate of drug-likeness (QED) is 0.770. The van der Waals surface area contributed by atoms with Gasteiger partial charge < -0.3 is 10.1 Å². The van der Waals surface area contributed by atoms with E-state index in [-0.39, 0.29) is 17.1 Å². The normalized spacial score (nSPS) is 17.8. The number of carbonyl (C=O) groups is 2. The second-order valence-corrected chi connectivity index (χ2v) is 7.35. The average molecular weight is 382 g/mol. The van der Waals surface area contributed by atoms with E-state index >= 15 is 0 Å². The Morgan fingerprint density at radius 1 is 1.07 bits per heavy atom. The molecule has 3 rings (SSSR count). The van der Waals surface area contributed by atoms with Crippen molar-refractivity contribution < 1.29 is 14.3 Å². The van der Waals surface area contributed by atoms with Crippen LogP contribution in [0.15, 0.2) is 53.5 Å². The Morgan fingerprint density at radius 3 is 2.37 bits per heavy atom. The van der Waals surface area contributed by atoms with Crippen molar-refractivity contribution in [2.45, 2.75) is 31.9 Å². The van der Waals surface area contributed by atoms with Gasteiger partial charge in [0.05, 0.1) is 23.1 Å². The zero-order valence-electron chi connectivity index (χ0n) is 15.4. The molecule has 1 N–H and O–H groups in total. The van der Waals surface area contributed by atoms with Gasteiger partial charge in [0.2, 0.25) is 5.91 Å². The first-order valence-electron chi connectivity index (χ1n) is 9.00. The standard InChI is InChI=1S/C21H22N2O3S/c1-3-14-7-11-17(12-8-14)22-21-23-19(24)18(27-21)13-15-5-9-16(10-6-15)20(25)26-4-2/h5-12,18H,3-4,13H2,1-2H3,(H,22,23,24)/t18-/m0/s1. The molecule has 5 nitrogen and oxygen atoms in total. The number of esters is 1. The smallest absolute Gasteiger partial charge is 0.338 e. The van der Waals surface area contributed by atoms with Crippen LogP contribution in [0.1, 0.15) is 35.3 Å². The Kier molecular flexibility index (Phi) is 6.29. The van der Waals surface area contributed by atoms with Gasteiger partial charge in [-0.25, -0.2) is 9.79 Å². The molecule has 2 aromatic carbocycles. The molecule has 0 aliphatic carbocycles. The summed E-state index contributed by atoms with van der Waals surface area (Å²) in [6.45, 7) is 4.24. The molecule has 140 valence electrons. The van der Waals surface area contributed by atoms with Crippen molar-refractivity contribution in [2.24, 2.45) is 4.99 Å². The van der Waals surface area contributed by atoms with Crippen LogP contribution in [0.2, 0.25) is 0 Å². The molecule has 0 unspecified atom stereocenters. The molecule has 1 aliphatic rings. The van der Waals surface area contributed by atoms with Crippen molar-refractivity contribution in [2.75, 3.05) is 6.61 Å². The van der Waals surface area contributed by atoms with Crippen LogP contribution in [0.5, 0.6) is 0 Å². The molecule has 1 saturated heterocycles. The Balaban J connectivity index is 1.63. The number of aryl methyl sites for hydroxylation is 1. The predicted molar refractivity (Wildman–Crippen MR) is 109 cm³/mol. The van der Waals surface area contributed by atoms with Gasteiger partial charge in [0.15, 0.2) is 5.17 Å². The molecule has 0 radical (unpaired) electrons. The molecule has 0 bridgehead atoms. The number of hydrogen-bond donors (Lipinski definition) is 1. The largest absolute Gasteiger partial charge is 0.462 e. The summed E-state index contributed by atoms with van der Waals surface area (Å²) in [6, 6.07) is 15.2. The fraction of sp³-hybridized carbons (Fsp3) is 0.286. The van der Waals surface area contributed by atoms with E-state index in [2.05, 4.69) is 17.2 Å². The highest BCUT2D eigenvalue weighted by molar-refractivity contribution is 8.15. The van der Waals surface area contributed by atoms with E-state index in [9.17, 15) is 9.59 Å².